The minimum Gasteiger partial charge on any atom is -0.497 e. The van der Waals surface area contributed by atoms with Crippen LogP contribution in [-0.2, 0) is 6.54 Å². The van der Waals surface area contributed by atoms with Gasteiger partial charge in [0.25, 0.3) is 5.56 Å². The van der Waals surface area contributed by atoms with Gasteiger partial charge in [-0.3, -0.25) is 4.79 Å². The van der Waals surface area contributed by atoms with Crippen LogP contribution in [-0.4, -0.2) is 16.9 Å². The second-order valence-corrected chi connectivity index (χ2v) is 4.37. The molecule has 0 aliphatic rings. The maximum absolute atomic E-state index is 11.7. The molecule has 0 aliphatic carbocycles. The second-order valence-electron chi connectivity index (χ2n) is 4.37. The lowest BCUT2D eigenvalue weighted by Crippen LogP contribution is -2.28. The summed E-state index contributed by atoms with van der Waals surface area (Å²) in [7, 11) is 1.62. The van der Waals surface area contributed by atoms with Crippen LogP contribution in [0.3, 0.4) is 0 Å². The van der Waals surface area contributed by atoms with Crippen molar-refractivity contribution in [2.24, 2.45) is 5.73 Å². The minimum absolute atomic E-state index is 0.144. The molecule has 2 aromatic rings. The molecular weight excluding hydrogens is 242 g/mol. The van der Waals surface area contributed by atoms with Crippen molar-refractivity contribution in [1.29, 1.82) is 0 Å². The molecule has 1 heterocycles. The fourth-order valence-electron chi connectivity index (χ4n) is 1.82. The molecule has 0 aliphatic heterocycles. The Balaban J connectivity index is 2.17. The predicted octanol–water partition coefficient (Wildman–Crippen LogP) is 1.26. The van der Waals surface area contributed by atoms with Gasteiger partial charge in [-0.2, -0.15) is 5.10 Å². The predicted molar refractivity (Wildman–Crippen MR) is 73.2 cm³/mol. The maximum Gasteiger partial charge on any atom is 0.266 e. The summed E-state index contributed by atoms with van der Waals surface area (Å²) < 4.78 is 6.49. The molecule has 0 radical (unpaired) electrons. The first-order chi connectivity index (χ1) is 9.10. The SMILES string of the molecule is COc1ccc(C(N)Cn2nc(C)ccc2=O)cc1. The van der Waals surface area contributed by atoms with E-state index in [2.05, 4.69) is 5.10 Å². The molecule has 5 heteroatoms. The fraction of sp³-hybridized carbons (Fsp3) is 0.286. The van der Waals surface area contributed by atoms with E-state index in [1.807, 2.05) is 31.2 Å². The van der Waals surface area contributed by atoms with Crippen LogP contribution in [0.5, 0.6) is 5.75 Å². The third-order valence-electron chi connectivity index (χ3n) is 2.91. The summed E-state index contributed by atoms with van der Waals surface area (Å²) in [6, 6.07) is 10.4. The summed E-state index contributed by atoms with van der Waals surface area (Å²) in [5.41, 5.74) is 7.69. The molecule has 1 atom stereocenters. The van der Waals surface area contributed by atoms with E-state index in [4.69, 9.17) is 10.5 Å². The summed E-state index contributed by atoms with van der Waals surface area (Å²) in [6.45, 7) is 2.20. The summed E-state index contributed by atoms with van der Waals surface area (Å²) in [6.07, 6.45) is 0. The average molecular weight is 259 g/mol. The van der Waals surface area contributed by atoms with Crippen LogP contribution < -0.4 is 16.0 Å². The van der Waals surface area contributed by atoms with Crippen LogP contribution >= 0.6 is 0 Å². The Morgan fingerprint density at radius 2 is 1.95 bits per heavy atom. The monoisotopic (exact) mass is 259 g/mol. The Morgan fingerprint density at radius 3 is 2.58 bits per heavy atom. The van der Waals surface area contributed by atoms with Crippen molar-refractivity contribution in [3.63, 3.8) is 0 Å². The van der Waals surface area contributed by atoms with Crippen LogP contribution in [0.15, 0.2) is 41.2 Å². The largest absolute Gasteiger partial charge is 0.497 e. The number of benzene rings is 1. The van der Waals surface area contributed by atoms with Gasteiger partial charge in [-0.15, -0.1) is 0 Å². The number of hydrogen-bond acceptors (Lipinski definition) is 4. The van der Waals surface area contributed by atoms with Crippen LogP contribution in [0.25, 0.3) is 0 Å². The average Bonchev–Trinajstić information content (AvgIpc) is 2.43. The highest BCUT2D eigenvalue weighted by molar-refractivity contribution is 5.28. The van der Waals surface area contributed by atoms with Gasteiger partial charge in [0.15, 0.2) is 0 Å². The van der Waals surface area contributed by atoms with Crippen LogP contribution in [0.1, 0.15) is 17.3 Å². The van der Waals surface area contributed by atoms with Gasteiger partial charge in [-0.25, -0.2) is 4.68 Å². The van der Waals surface area contributed by atoms with Crippen molar-refractivity contribution < 1.29 is 4.74 Å². The van der Waals surface area contributed by atoms with Gasteiger partial charge in [-0.05, 0) is 30.7 Å². The molecule has 0 fully saturated rings. The van der Waals surface area contributed by atoms with Gasteiger partial charge in [0.05, 0.1) is 19.3 Å². The van der Waals surface area contributed by atoms with E-state index in [-0.39, 0.29) is 11.6 Å². The molecule has 2 N–H and O–H groups in total. The molecule has 2 rings (SSSR count). The molecule has 5 nitrogen and oxygen atoms in total. The Labute approximate surface area is 111 Å². The number of nitrogens with two attached hydrogens (primary N) is 1. The zero-order valence-corrected chi connectivity index (χ0v) is 11.0. The molecule has 0 bridgehead atoms. The normalized spacial score (nSPS) is 12.2. The topological polar surface area (TPSA) is 70.1 Å². The summed E-state index contributed by atoms with van der Waals surface area (Å²) in [4.78, 5) is 11.7. The lowest BCUT2D eigenvalue weighted by atomic mass is 10.1. The number of aromatic nitrogens is 2. The highest BCUT2D eigenvalue weighted by Crippen LogP contribution is 2.16. The van der Waals surface area contributed by atoms with E-state index in [1.165, 1.54) is 10.7 Å². The van der Waals surface area contributed by atoms with Gasteiger partial charge in [0.2, 0.25) is 0 Å². The van der Waals surface area contributed by atoms with Crippen molar-refractivity contribution >= 4 is 0 Å². The third-order valence-corrected chi connectivity index (χ3v) is 2.91. The molecule has 0 amide bonds. The minimum atomic E-state index is -0.280. The molecule has 1 unspecified atom stereocenters. The maximum atomic E-state index is 11.7. The molecule has 0 spiro atoms. The molecule has 1 aromatic heterocycles. The van der Waals surface area contributed by atoms with Crippen molar-refractivity contribution in [2.45, 2.75) is 19.5 Å². The lowest BCUT2D eigenvalue weighted by Gasteiger charge is -2.13. The van der Waals surface area contributed by atoms with Crippen LogP contribution in [0, 0.1) is 6.92 Å². The number of aryl methyl sites for hydroxylation is 1. The number of rotatable bonds is 4. The fourth-order valence-corrected chi connectivity index (χ4v) is 1.82. The van der Waals surface area contributed by atoms with E-state index >= 15 is 0 Å². The van der Waals surface area contributed by atoms with E-state index in [0.717, 1.165) is 17.0 Å². The zero-order chi connectivity index (χ0) is 13.8. The van der Waals surface area contributed by atoms with Gasteiger partial charge >= 0.3 is 0 Å². The van der Waals surface area contributed by atoms with Crippen molar-refractivity contribution in [2.75, 3.05) is 7.11 Å². The first-order valence-corrected chi connectivity index (χ1v) is 6.04. The first-order valence-electron chi connectivity index (χ1n) is 6.04. The third kappa shape index (κ3) is 3.20. The summed E-state index contributed by atoms with van der Waals surface area (Å²) in [5.74, 6) is 0.779. The molecular formula is C14H17N3O2. The van der Waals surface area contributed by atoms with E-state index in [0.29, 0.717) is 6.54 Å². The summed E-state index contributed by atoms with van der Waals surface area (Å²) in [5, 5.41) is 4.17. The standard InChI is InChI=1S/C14H17N3O2/c1-10-3-8-14(18)17(16-10)9-13(15)11-4-6-12(19-2)7-5-11/h3-8,13H,9,15H2,1-2H3. The number of nitrogens with zero attached hydrogens (tertiary/aromatic N) is 2. The Hall–Kier alpha value is -2.14. The number of methoxy groups -OCH3 is 1. The molecule has 0 saturated carbocycles. The van der Waals surface area contributed by atoms with E-state index < -0.39 is 0 Å². The first kappa shape index (κ1) is 13.3. The second kappa shape index (κ2) is 5.67. The zero-order valence-electron chi connectivity index (χ0n) is 11.0. The quantitative estimate of drug-likeness (QED) is 0.897. The van der Waals surface area contributed by atoms with Crippen LogP contribution in [0.4, 0.5) is 0 Å². The van der Waals surface area contributed by atoms with E-state index in [1.54, 1.807) is 13.2 Å². The van der Waals surface area contributed by atoms with Crippen molar-refractivity contribution in [1.82, 2.24) is 9.78 Å². The highest BCUT2D eigenvalue weighted by Gasteiger charge is 2.09. The van der Waals surface area contributed by atoms with E-state index in [9.17, 15) is 4.79 Å². The molecule has 1 aromatic carbocycles. The summed E-state index contributed by atoms with van der Waals surface area (Å²) >= 11 is 0. The lowest BCUT2D eigenvalue weighted by molar-refractivity contribution is 0.414. The Bertz CT molecular complexity index is 605. The van der Waals surface area contributed by atoms with Gasteiger partial charge < -0.3 is 10.5 Å². The number of hydrogen-bond donors (Lipinski definition) is 1. The van der Waals surface area contributed by atoms with Gasteiger partial charge in [0, 0.05) is 12.1 Å². The van der Waals surface area contributed by atoms with Crippen molar-refractivity contribution in [3.05, 3.63) is 58.0 Å². The molecule has 0 saturated heterocycles. The Kier molecular flexibility index (Phi) is 3.97. The van der Waals surface area contributed by atoms with Gasteiger partial charge in [-0.1, -0.05) is 12.1 Å². The number of ether oxygens (including phenoxy) is 1. The molecule has 19 heavy (non-hydrogen) atoms. The molecule has 100 valence electrons. The smallest absolute Gasteiger partial charge is 0.266 e. The van der Waals surface area contributed by atoms with Crippen LogP contribution in [0.2, 0.25) is 0 Å². The Morgan fingerprint density at radius 1 is 1.26 bits per heavy atom. The van der Waals surface area contributed by atoms with Gasteiger partial charge in [0.1, 0.15) is 5.75 Å². The highest BCUT2D eigenvalue weighted by atomic mass is 16.5. The van der Waals surface area contributed by atoms with Crippen molar-refractivity contribution in [3.8, 4) is 5.75 Å².